The summed E-state index contributed by atoms with van der Waals surface area (Å²) in [6.07, 6.45) is 3.23. The highest BCUT2D eigenvalue weighted by Crippen LogP contribution is 2.17. The molecule has 27 heavy (non-hydrogen) atoms. The second-order valence-electron chi connectivity index (χ2n) is 7.34. The molecule has 1 heterocycles. The van der Waals surface area contributed by atoms with Gasteiger partial charge in [-0.2, -0.15) is 0 Å². The first kappa shape index (κ1) is 21.5. The summed E-state index contributed by atoms with van der Waals surface area (Å²) in [4.78, 5) is 6.42. The smallest absolute Gasteiger partial charge is 0.191 e. The first-order valence-corrected chi connectivity index (χ1v) is 9.97. The third kappa shape index (κ3) is 7.77. The van der Waals surface area contributed by atoms with Crippen LogP contribution in [0.2, 0.25) is 0 Å². The summed E-state index contributed by atoms with van der Waals surface area (Å²) in [5.41, 5.74) is 3.79. The fraction of sp³-hybridized carbons (Fsp3) is 0.667. The first-order valence-electron chi connectivity index (χ1n) is 9.97. The van der Waals surface area contributed by atoms with Crippen LogP contribution < -0.4 is 15.5 Å². The summed E-state index contributed by atoms with van der Waals surface area (Å²) < 4.78 is 11.2. The Balaban J connectivity index is 1.61. The van der Waals surface area contributed by atoms with Gasteiger partial charge in [0.15, 0.2) is 5.96 Å². The molecule has 1 aromatic rings. The Hall–Kier alpha value is -1.79. The van der Waals surface area contributed by atoms with Crippen LogP contribution in [0.25, 0.3) is 0 Å². The summed E-state index contributed by atoms with van der Waals surface area (Å²) >= 11 is 0. The maximum atomic E-state index is 5.80. The number of hydrogen-bond acceptors (Lipinski definition) is 4. The van der Waals surface area contributed by atoms with Crippen LogP contribution in [0.1, 0.15) is 30.4 Å². The van der Waals surface area contributed by atoms with Gasteiger partial charge < -0.3 is 25.0 Å². The predicted molar refractivity (Wildman–Crippen MR) is 113 cm³/mol. The first-order chi connectivity index (χ1) is 13.1. The molecule has 1 aliphatic rings. The number of ether oxygens (including phenoxy) is 2. The highest BCUT2D eigenvalue weighted by atomic mass is 16.5. The van der Waals surface area contributed by atoms with Crippen LogP contribution in [0.5, 0.6) is 0 Å². The Kier molecular flexibility index (Phi) is 9.42. The maximum Gasteiger partial charge on any atom is 0.191 e. The lowest BCUT2D eigenvalue weighted by Gasteiger charge is -2.21. The molecule has 0 atom stereocenters. The average molecular weight is 377 g/mol. The summed E-state index contributed by atoms with van der Waals surface area (Å²) in [7, 11) is 5.93. The van der Waals surface area contributed by atoms with Crippen LogP contribution in [0.15, 0.2) is 23.2 Å². The SMILES string of the molecule is CN=C(NCCCOCC1CCOCC1)NCc1ccc(N(C)C)cc1C. The van der Waals surface area contributed by atoms with Gasteiger partial charge in [0.05, 0.1) is 0 Å². The van der Waals surface area contributed by atoms with Gasteiger partial charge in [0, 0.05) is 66.3 Å². The lowest BCUT2D eigenvalue weighted by molar-refractivity contribution is 0.0203. The van der Waals surface area contributed by atoms with E-state index in [0.29, 0.717) is 5.92 Å². The summed E-state index contributed by atoms with van der Waals surface area (Å²) in [6, 6.07) is 6.54. The highest BCUT2D eigenvalue weighted by Gasteiger charge is 2.13. The molecular weight excluding hydrogens is 340 g/mol. The molecule has 152 valence electrons. The molecule has 2 N–H and O–H groups in total. The zero-order chi connectivity index (χ0) is 19.5. The van der Waals surface area contributed by atoms with Gasteiger partial charge in [0.2, 0.25) is 0 Å². The minimum atomic E-state index is 0.670. The lowest BCUT2D eigenvalue weighted by atomic mass is 10.0. The van der Waals surface area contributed by atoms with Crippen molar-refractivity contribution in [1.82, 2.24) is 10.6 Å². The molecule has 0 saturated carbocycles. The van der Waals surface area contributed by atoms with Crippen LogP contribution in [-0.4, -0.2) is 60.1 Å². The van der Waals surface area contributed by atoms with E-state index in [1.807, 2.05) is 0 Å². The Labute approximate surface area is 164 Å². The fourth-order valence-electron chi connectivity index (χ4n) is 3.10. The van der Waals surface area contributed by atoms with Crippen molar-refractivity contribution in [2.75, 3.05) is 59.0 Å². The maximum absolute atomic E-state index is 5.80. The molecule has 0 spiro atoms. The molecule has 0 radical (unpaired) electrons. The number of nitrogens with zero attached hydrogens (tertiary/aromatic N) is 2. The second-order valence-corrected chi connectivity index (χ2v) is 7.34. The molecule has 6 nitrogen and oxygen atoms in total. The van der Waals surface area contributed by atoms with Gasteiger partial charge in [-0.05, 0) is 55.4 Å². The van der Waals surface area contributed by atoms with Crippen LogP contribution >= 0.6 is 0 Å². The topological polar surface area (TPSA) is 58.1 Å². The Morgan fingerprint density at radius 3 is 2.70 bits per heavy atom. The Morgan fingerprint density at radius 2 is 2.04 bits per heavy atom. The lowest BCUT2D eigenvalue weighted by Crippen LogP contribution is -2.37. The average Bonchev–Trinajstić information content (AvgIpc) is 2.68. The molecule has 0 amide bonds. The number of anilines is 1. The molecule has 2 rings (SSSR count). The quantitative estimate of drug-likeness (QED) is 0.394. The van der Waals surface area contributed by atoms with Crippen molar-refractivity contribution in [3.8, 4) is 0 Å². The third-order valence-corrected chi connectivity index (χ3v) is 4.96. The van der Waals surface area contributed by atoms with Gasteiger partial charge in [-0.1, -0.05) is 6.07 Å². The molecule has 1 aromatic carbocycles. The van der Waals surface area contributed by atoms with E-state index in [2.05, 4.69) is 59.7 Å². The monoisotopic (exact) mass is 376 g/mol. The van der Waals surface area contributed by atoms with E-state index in [4.69, 9.17) is 9.47 Å². The molecular formula is C21H36N4O2. The third-order valence-electron chi connectivity index (χ3n) is 4.96. The molecule has 0 bridgehead atoms. The zero-order valence-electron chi connectivity index (χ0n) is 17.4. The zero-order valence-corrected chi connectivity index (χ0v) is 17.4. The van der Waals surface area contributed by atoms with Gasteiger partial charge in [-0.3, -0.25) is 4.99 Å². The summed E-state index contributed by atoms with van der Waals surface area (Å²) in [5, 5.41) is 6.75. The number of guanidine groups is 1. The minimum absolute atomic E-state index is 0.670. The minimum Gasteiger partial charge on any atom is -0.381 e. The standard InChI is InChI=1S/C21H36N4O2/c1-17-14-20(25(3)4)7-6-19(17)15-24-21(22-2)23-10-5-11-27-16-18-8-12-26-13-9-18/h6-7,14,18H,5,8-13,15-16H2,1-4H3,(H2,22,23,24). The van der Waals surface area contributed by atoms with Crippen molar-refractivity contribution >= 4 is 11.6 Å². The summed E-state index contributed by atoms with van der Waals surface area (Å²) in [5.74, 6) is 1.50. The molecule has 1 aliphatic heterocycles. The van der Waals surface area contributed by atoms with Crippen molar-refractivity contribution in [2.24, 2.45) is 10.9 Å². The number of benzene rings is 1. The molecule has 0 aromatic heterocycles. The van der Waals surface area contributed by atoms with E-state index in [-0.39, 0.29) is 0 Å². The van der Waals surface area contributed by atoms with Crippen LogP contribution in [0, 0.1) is 12.8 Å². The van der Waals surface area contributed by atoms with E-state index in [0.717, 1.165) is 64.7 Å². The molecule has 1 saturated heterocycles. The molecule has 1 fully saturated rings. The van der Waals surface area contributed by atoms with Gasteiger partial charge >= 0.3 is 0 Å². The van der Waals surface area contributed by atoms with E-state index in [1.165, 1.54) is 16.8 Å². The van der Waals surface area contributed by atoms with Crippen LogP contribution in [0.4, 0.5) is 5.69 Å². The number of rotatable bonds is 9. The second kappa shape index (κ2) is 11.8. The molecule has 6 heteroatoms. The van der Waals surface area contributed by atoms with Crippen molar-refractivity contribution in [3.05, 3.63) is 29.3 Å². The number of aliphatic imine (C=N–C) groups is 1. The van der Waals surface area contributed by atoms with Crippen molar-refractivity contribution in [2.45, 2.75) is 32.7 Å². The molecule has 0 unspecified atom stereocenters. The van der Waals surface area contributed by atoms with Crippen molar-refractivity contribution in [3.63, 3.8) is 0 Å². The predicted octanol–water partition coefficient (Wildman–Crippen LogP) is 2.56. The van der Waals surface area contributed by atoms with Crippen LogP contribution in [0.3, 0.4) is 0 Å². The summed E-state index contributed by atoms with van der Waals surface area (Å²) in [6.45, 7) is 7.18. The van der Waals surface area contributed by atoms with Crippen molar-refractivity contribution in [1.29, 1.82) is 0 Å². The normalized spacial score (nSPS) is 15.6. The van der Waals surface area contributed by atoms with E-state index < -0.39 is 0 Å². The van der Waals surface area contributed by atoms with Gasteiger partial charge in [0.25, 0.3) is 0 Å². The highest BCUT2D eigenvalue weighted by molar-refractivity contribution is 5.79. The fourth-order valence-corrected chi connectivity index (χ4v) is 3.10. The van der Waals surface area contributed by atoms with Gasteiger partial charge in [-0.25, -0.2) is 0 Å². The van der Waals surface area contributed by atoms with E-state index in [1.54, 1.807) is 7.05 Å². The Morgan fingerprint density at radius 1 is 1.26 bits per heavy atom. The number of nitrogens with one attached hydrogen (secondary N) is 2. The largest absolute Gasteiger partial charge is 0.381 e. The Bertz CT molecular complexity index is 584. The van der Waals surface area contributed by atoms with E-state index in [9.17, 15) is 0 Å². The van der Waals surface area contributed by atoms with E-state index >= 15 is 0 Å². The van der Waals surface area contributed by atoms with Gasteiger partial charge in [-0.15, -0.1) is 0 Å². The number of aryl methyl sites for hydroxylation is 1. The molecule has 0 aliphatic carbocycles. The number of hydrogen-bond donors (Lipinski definition) is 2. The van der Waals surface area contributed by atoms with Gasteiger partial charge in [0.1, 0.15) is 0 Å². The van der Waals surface area contributed by atoms with Crippen LogP contribution in [-0.2, 0) is 16.0 Å². The van der Waals surface area contributed by atoms with Crippen molar-refractivity contribution < 1.29 is 9.47 Å².